The van der Waals surface area contributed by atoms with Gasteiger partial charge in [-0.3, -0.25) is 4.57 Å². The molecule has 1 aliphatic heterocycles. The highest BCUT2D eigenvalue weighted by atomic mass is 35.5. The third-order valence-electron chi connectivity index (χ3n) is 5.22. The van der Waals surface area contributed by atoms with E-state index in [1.807, 2.05) is 20.8 Å². The minimum absolute atomic E-state index is 0.00891. The maximum Gasteiger partial charge on any atom is 0.343 e. The Morgan fingerprint density at radius 2 is 2.06 bits per heavy atom. The fourth-order valence-corrected chi connectivity index (χ4v) is 3.64. The zero-order valence-corrected chi connectivity index (χ0v) is 20.2. The number of tetrazole rings is 1. The molecule has 3 aromatic rings. The van der Waals surface area contributed by atoms with Crippen LogP contribution in [0.15, 0.2) is 6.33 Å². The van der Waals surface area contributed by atoms with Gasteiger partial charge >= 0.3 is 5.97 Å². The number of hydrogen-bond acceptors (Lipinski definition) is 13. The van der Waals surface area contributed by atoms with Crippen molar-refractivity contribution in [3.63, 3.8) is 0 Å². The normalized spacial score (nSPS) is 23.6. The highest BCUT2D eigenvalue weighted by Crippen LogP contribution is 2.33. The van der Waals surface area contributed by atoms with Crippen LogP contribution in [-0.2, 0) is 24.5 Å². The van der Waals surface area contributed by atoms with Gasteiger partial charge in [0.25, 0.3) is 0 Å². The smallest absolute Gasteiger partial charge is 0.343 e. The molecule has 0 spiro atoms. The minimum Gasteiger partial charge on any atom is -0.464 e. The number of halogens is 1. The van der Waals surface area contributed by atoms with Crippen LogP contribution in [0.1, 0.15) is 45.9 Å². The highest BCUT2D eigenvalue weighted by Gasteiger charge is 2.45. The number of aliphatic hydroxyl groups is 2. The lowest BCUT2D eigenvalue weighted by Crippen LogP contribution is -2.35. The first-order chi connectivity index (χ1) is 16.5. The van der Waals surface area contributed by atoms with Crippen LogP contribution in [0.25, 0.3) is 11.2 Å². The Morgan fingerprint density at radius 1 is 1.31 bits per heavy atom. The van der Waals surface area contributed by atoms with Gasteiger partial charge in [0.1, 0.15) is 23.8 Å². The van der Waals surface area contributed by atoms with Gasteiger partial charge in [0, 0.05) is 0 Å². The monoisotopic (exact) mass is 511 g/mol. The van der Waals surface area contributed by atoms with E-state index in [2.05, 4.69) is 30.4 Å². The summed E-state index contributed by atoms with van der Waals surface area (Å²) in [5, 5.41) is 33.3. The molecule has 1 aliphatic rings. The Hall–Kier alpha value is -2.98. The van der Waals surface area contributed by atoms with Crippen LogP contribution < -0.4 is 5.73 Å². The van der Waals surface area contributed by atoms with E-state index in [0.29, 0.717) is 0 Å². The summed E-state index contributed by atoms with van der Waals surface area (Å²) < 4.78 is 18.0. The standard InChI is InChI=1S/C19H26ClN9O6/c1-5-33-17(32)12(14-25-27-29(26-14)19(2,3)4)34-6-8-10(30)11(31)16(35-8)28-7-22-9-13(21)23-18(20)24-15(9)28/h7-8,10-12,16,30-31H,5-6H2,1-4H3,(H2,21,23,24)/t8-,10-,11-,12?,16-/m1/s1. The molecule has 4 N–H and O–H groups in total. The number of nitrogen functional groups attached to an aromatic ring is 1. The van der Waals surface area contributed by atoms with Crippen LogP contribution in [0.2, 0.25) is 5.28 Å². The number of nitrogens with two attached hydrogens (primary N) is 1. The van der Waals surface area contributed by atoms with E-state index in [1.54, 1.807) is 6.92 Å². The molecule has 190 valence electrons. The predicted molar refractivity (Wildman–Crippen MR) is 119 cm³/mol. The van der Waals surface area contributed by atoms with Crippen LogP contribution >= 0.6 is 11.6 Å². The van der Waals surface area contributed by atoms with E-state index < -0.39 is 42.2 Å². The average molecular weight is 512 g/mol. The van der Waals surface area contributed by atoms with Gasteiger partial charge < -0.3 is 30.2 Å². The number of carbonyl (C=O) groups is 1. The van der Waals surface area contributed by atoms with Gasteiger partial charge in [-0.15, -0.1) is 10.2 Å². The Kier molecular flexibility index (Phi) is 6.88. The van der Waals surface area contributed by atoms with Gasteiger partial charge in [-0.05, 0) is 44.5 Å². The fraction of sp³-hybridized carbons (Fsp3) is 0.632. The van der Waals surface area contributed by atoms with E-state index in [0.717, 1.165) is 0 Å². The Bertz CT molecular complexity index is 1210. The first-order valence-electron chi connectivity index (χ1n) is 10.8. The summed E-state index contributed by atoms with van der Waals surface area (Å²) in [7, 11) is 0. The number of aromatic nitrogens is 8. The maximum absolute atomic E-state index is 12.5. The van der Waals surface area contributed by atoms with E-state index in [4.69, 9.17) is 31.5 Å². The molecule has 0 aromatic carbocycles. The Morgan fingerprint density at radius 3 is 2.71 bits per heavy atom. The van der Waals surface area contributed by atoms with Crippen molar-refractivity contribution in [2.24, 2.45) is 0 Å². The quantitative estimate of drug-likeness (QED) is 0.277. The second kappa shape index (κ2) is 9.58. The molecule has 4 rings (SSSR count). The number of imidazole rings is 1. The van der Waals surface area contributed by atoms with E-state index in [1.165, 1.54) is 15.7 Å². The molecular weight excluding hydrogens is 486 g/mol. The summed E-state index contributed by atoms with van der Waals surface area (Å²) in [5.74, 6) is -0.682. The van der Waals surface area contributed by atoms with Crippen molar-refractivity contribution >= 4 is 34.6 Å². The van der Waals surface area contributed by atoms with Crippen molar-refractivity contribution in [1.29, 1.82) is 0 Å². The van der Waals surface area contributed by atoms with Crippen molar-refractivity contribution in [2.75, 3.05) is 18.9 Å². The minimum atomic E-state index is -1.38. The summed E-state index contributed by atoms with van der Waals surface area (Å²) in [6.07, 6.45) is -4.85. The Labute approximate surface area is 204 Å². The molecule has 0 aliphatic carbocycles. The number of hydrogen-bond donors (Lipinski definition) is 3. The van der Waals surface area contributed by atoms with Crippen molar-refractivity contribution in [2.45, 2.75) is 63.9 Å². The summed E-state index contributed by atoms with van der Waals surface area (Å²) in [6.45, 7) is 7.07. The van der Waals surface area contributed by atoms with Gasteiger partial charge in [-0.25, -0.2) is 9.78 Å². The second-order valence-corrected chi connectivity index (χ2v) is 9.16. The number of nitrogens with zero attached hydrogens (tertiary/aromatic N) is 8. The first-order valence-corrected chi connectivity index (χ1v) is 11.1. The topological polar surface area (TPSA) is 198 Å². The third kappa shape index (κ3) is 4.90. The number of fused-ring (bicyclic) bond motifs is 1. The SMILES string of the molecule is CCOC(=O)C(OC[C@H]1O[C@@H](n2cnc3c(N)nc(Cl)nc32)[C@H](O)[C@@H]1O)c1nnn(C(C)(C)C)n1. The molecule has 1 fully saturated rings. The fourth-order valence-electron chi connectivity index (χ4n) is 3.46. The van der Waals surface area contributed by atoms with Crippen LogP contribution in [-0.4, -0.2) is 87.4 Å². The van der Waals surface area contributed by atoms with E-state index in [-0.39, 0.29) is 41.3 Å². The molecule has 15 nitrogen and oxygen atoms in total. The van der Waals surface area contributed by atoms with E-state index in [9.17, 15) is 15.0 Å². The molecule has 0 bridgehead atoms. The number of ether oxygens (including phenoxy) is 3. The second-order valence-electron chi connectivity index (χ2n) is 8.82. The van der Waals surface area contributed by atoms with Gasteiger partial charge in [-0.2, -0.15) is 14.8 Å². The average Bonchev–Trinajstić information content (AvgIpc) is 3.48. The Balaban J connectivity index is 1.53. The molecule has 0 saturated carbocycles. The van der Waals surface area contributed by atoms with Crippen molar-refractivity contribution < 1.29 is 29.2 Å². The number of esters is 1. The number of rotatable bonds is 7. The molecular formula is C19H26ClN9O6. The number of carbonyl (C=O) groups excluding carboxylic acids is 1. The largest absolute Gasteiger partial charge is 0.464 e. The molecule has 1 unspecified atom stereocenters. The lowest BCUT2D eigenvalue weighted by Gasteiger charge is -2.19. The van der Waals surface area contributed by atoms with Gasteiger partial charge in [0.2, 0.25) is 17.2 Å². The number of anilines is 1. The van der Waals surface area contributed by atoms with Crippen LogP contribution in [0.3, 0.4) is 0 Å². The predicted octanol–water partition coefficient (Wildman–Crippen LogP) is -0.256. The van der Waals surface area contributed by atoms with Crippen LogP contribution in [0, 0.1) is 0 Å². The molecule has 4 heterocycles. The van der Waals surface area contributed by atoms with Crippen molar-refractivity contribution in [3.8, 4) is 0 Å². The van der Waals surface area contributed by atoms with Gasteiger partial charge in [0.05, 0.1) is 25.1 Å². The van der Waals surface area contributed by atoms with Crippen LogP contribution in [0.4, 0.5) is 5.82 Å². The van der Waals surface area contributed by atoms with Crippen LogP contribution in [0.5, 0.6) is 0 Å². The van der Waals surface area contributed by atoms with Gasteiger partial charge in [-0.1, -0.05) is 0 Å². The zero-order chi connectivity index (χ0) is 25.5. The molecule has 5 atom stereocenters. The number of aliphatic hydroxyl groups excluding tert-OH is 2. The maximum atomic E-state index is 12.5. The first kappa shape index (κ1) is 25.1. The third-order valence-corrected chi connectivity index (χ3v) is 5.39. The highest BCUT2D eigenvalue weighted by molar-refractivity contribution is 6.28. The summed E-state index contributed by atoms with van der Waals surface area (Å²) in [5.41, 5.74) is 5.83. The summed E-state index contributed by atoms with van der Waals surface area (Å²) in [6, 6.07) is 0. The van der Waals surface area contributed by atoms with E-state index >= 15 is 0 Å². The molecule has 1 saturated heterocycles. The molecule has 0 radical (unpaired) electrons. The molecule has 0 amide bonds. The lowest BCUT2D eigenvalue weighted by atomic mass is 10.1. The molecule has 16 heteroatoms. The molecule has 35 heavy (non-hydrogen) atoms. The van der Waals surface area contributed by atoms with Gasteiger partial charge in [0.15, 0.2) is 17.7 Å². The zero-order valence-electron chi connectivity index (χ0n) is 19.4. The lowest BCUT2D eigenvalue weighted by molar-refractivity contribution is -0.162. The summed E-state index contributed by atoms with van der Waals surface area (Å²) >= 11 is 5.90. The summed E-state index contributed by atoms with van der Waals surface area (Å²) in [4.78, 5) is 26.0. The van der Waals surface area contributed by atoms with Crippen molar-refractivity contribution in [3.05, 3.63) is 17.4 Å². The van der Waals surface area contributed by atoms with Crippen molar-refractivity contribution in [1.82, 2.24) is 39.7 Å². The molecule has 3 aromatic heterocycles.